The van der Waals surface area contributed by atoms with Gasteiger partial charge in [0, 0.05) is 34.0 Å². The molecule has 36 heavy (non-hydrogen) atoms. The number of nitrogens with zero attached hydrogens (tertiary/aromatic N) is 1. The minimum atomic E-state index is -0.526. The van der Waals surface area contributed by atoms with Crippen LogP contribution in [0.3, 0.4) is 0 Å². The summed E-state index contributed by atoms with van der Waals surface area (Å²) in [5.74, 6) is -0.794. The topological polar surface area (TPSA) is 128 Å². The van der Waals surface area contributed by atoms with Crippen molar-refractivity contribution in [3.05, 3.63) is 94.0 Å². The van der Waals surface area contributed by atoms with Crippen molar-refractivity contribution in [3.63, 3.8) is 0 Å². The second-order valence-electron chi connectivity index (χ2n) is 7.69. The van der Waals surface area contributed by atoms with Crippen molar-refractivity contribution in [3.8, 4) is 0 Å². The van der Waals surface area contributed by atoms with E-state index in [-0.39, 0.29) is 29.2 Å². The van der Waals surface area contributed by atoms with Crippen molar-refractivity contribution in [2.24, 2.45) is 0 Å². The molecule has 0 aliphatic rings. The average molecular weight is 508 g/mol. The van der Waals surface area contributed by atoms with Crippen molar-refractivity contribution < 1.29 is 24.0 Å². The van der Waals surface area contributed by atoms with Gasteiger partial charge in [-0.3, -0.25) is 19.7 Å². The van der Waals surface area contributed by atoms with E-state index in [9.17, 15) is 24.5 Å². The van der Waals surface area contributed by atoms with Crippen LogP contribution >= 0.6 is 11.8 Å². The SMILES string of the molecule is CCCCOC(=O)c1ccc(NC(=O)CSc2ccc(NC(=O)c3ccc([N+](=O)[O-])cc3)cc2)cc1. The molecule has 3 rings (SSSR count). The lowest BCUT2D eigenvalue weighted by Crippen LogP contribution is -2.14. The van der Waals surface area contributed by atoms with Gasteiger partial charge in [-0.1, -0.05) is 13.3 Å². The molecule has 10 heteroatoms. The van der Waals surface area contributed by atoms with Crippen LogP contribution in [0, 0.1) is 10.1 Å². The molecule has 0 radical (unpaired) electrons. The average Bonchev–Trinajstić information content (AvgIpc) is 2.89. The second kappa shape index (κ2) is 13.1. The number of benzene rings is 3. The Morgan fingerprint density at radius 3 is 2.06 bits per heavy atom. The smallest absolute Gasteiger partial charge is 0.338 e. The van der Waals surface area contributed by atoms with E-state index in [0.29, 0.717) is 29.1 Å². The number of rotatable bonds is 11. The number of carbonyl (C=O) groups excluding carboxylic acids is 3. The zero-order valence-electron chi connectivity index (χ0n) is 19.6. The number of nitro groups is 1. The molecule has 0 aliphatic heterocycles. The Bertz CT molecular complexity index is 1210. The Labute approximate surface area is 212 Å². The van der Waals surface area contributed by atoms with Gasteiger partial charge >= 0.3 is 5.97 Å². The molecule has 0 atom stereocenters. The van der Waals surface area contributed by atoms with Gasteiger partial charge in [0.15, 0.2) is 0 Å². The number of carbonyl (C=O) groups is 3. The number of esters is 1. The standard InChI is InChI=1S/C26H25N3O6S/c1-2-3-16-35-26(32)19-4-8-20(9-5-19)27-24(30)17-36-23-14-10-21(11-15-23)28-25(31)18-6-12-22(13-7-18)29(33)34/h4-15H,2-3,16-17H2,1H3,(H,27,30)(H,28,31). The molecule has 0 spiro atoms. The summed E-state index contributed by atoms with van der Waals surface area (Å²) < 4.78 is 5.17. The number of nitrogens with one attached hydrogen (secondary N) is 2. The number of hydrogen-bond donors (Lipinski definition) is 2. The third-order valence-electron chi connectivity index (χ3n) is 4.96. The minimum Gasteiger partial charge on any atom is -0.462 e. The van der Waals surface area contributed by atoms with Crippen LogP contribution in [0.1, 0.15) is 40.5 Å². The van der Waals surface area contributed by atoms with Crippen LogP contribution in [0.15, 0.2) is 77.7 Å². The maximum Gasteiger partial charge on any atom is 0.338 e. The fourth-order valence-corrected chi connectivity index (χ4v) is 3.70. The lowest BCUT2D eigenvalue weighted by Gasteiger charge is -2.08. The molecule has 186 valence electrons. The van der Waals surface area contributed by atoms with Crippen LogP contribution in [-0.2, 0) is 9.53 Å². The highest BCUT2D eigenvalue weighted by Crippen LogP contribution is 2.22. The first-order chi connectivity index (χ1) is 17.4. The quantitative estimate of drug-likeness (QED) is 0.115. The van der Waals surface area contributed by atoms with Gasteiger partial charge in [0.1, 0.15) is 0 Å². The Hall–Kier alpha value is -4.18. The highest BCUT2D eigenvalue weighted by atomic mass is 32.2. The van der Waals surface area contributed by atoms with Gasteiger partial charge in [0.05, 0.1) is 22.8 Å². The van der Waals surface area contributed by atoms with E-state index in [2.05, 4.69) is 10.6 Å². The Kier molecular flexibility index (Phi) is 9.58. The van der Waals surface area contributed by atoms with Crippen molar-refractivity contribution >= 4 is 46.6 Å². The summed E-state index contributed by atoms with van der Waals surface area (Å²) in [6.07, 6.45) is 1.76. The number of nitro benzene ring substituents is 1. The van der Waals surface area contributed by atoms with Gasteiger partial charge in [-0.2, -0.15) is 0 Å². The van der Waals surface area contributed by atoms with Gasteiger partial charge in [-0.15, -0.1) is 11.8 Å². The number of amides is 2. The molecule has 3 aromatic rings. The highest BCUT2D eigenvalue weighted by Gasteiger charge is 2.11. The van der Waals surface area contributed by atoms with E-state index in [0.717, 1.165) is 17.7 Å². The Balaban J connectivity index is 1.45. The molecule has 0 bridgehead atoms. The van der Waals surface area contributed by atoms with E-state index in [4.69, 9.17) is 4.74 Å². The molecule has 0 aromatic heterocycles. The molecule has 2 N–H and O–H groups in total. The van der Waals surface area contributed by atoms with Crippen LogP contribution in [0.4, 0.5) is 17.1 Å². The fourth-order valence-electron chi connectivity index (χ4n) is 3.00. The lowest BCUT2D eigenvalue weighted by atomic mass is 10.2. The minimum absolute atomic E-state index is 0.0866. The summed E-state index contributed by atoms with van der Waals surface area (Å²) in [5, 5.41) is 16.2. The fraction of sp³-hybridized carbons (Fsp3) is 0.192. The number of anilines is 2. The van der Waals surface area contributed by atoms with E-state index in [1.807, 2.05) is 6.92 Å². The van der Waals surface area contributed by atoms with Crippen LogP contribution in [0.5, 0.6) is 0 Å². The van der Waals surface area contributed by atoms with Gasteiger partial charge in [0.25, 0.3) is 11.6 Å². The van der Waals surface area contributed by atoms with E-state index >= 15 is 0 Å². The third-order valence-corrected chi connectivity index (χ3v) is 5.97. The molecular formula is C26H25N3O6S. The third kappa shape index (κ3) is 7.95. The maximum absolute atomic E-state index is 12.3. The number of hydrogen-bond acceptors (Lipinski definition) is 7. The van der Waals surface area contributed by atoms with Gasteiger partial charge in [-0.25, -0.2) is 4.79 Å². The molecule has 0 saturated carbocycles. The highest BCUT2D eigenvalue weighted by molar-refractivity contribution is 8.00. The predicted octanol–water partition coefficient (Wildman–Crippen LogP) is 5.53. The van der Waals surface area contributed by atoms with Crippen molar-refractivity contribution in [1.82, 2.24) is 0 Å². The summed E-state index contributed by atoms with van der Waals surface area (Å²) in [4.78, 5) is 47.6. The molecular weight excluding hydrogens is 482 g/mol. The predicted molar refractivity (Wildman–Crippen MR) is 138 cm³/mol. The molecule has 0 heterocycles. The Morgan fingerprint density at radius 1 is 0.861 bits per heavy atom. The summed E-state index contributed by atoms with van der Waals surface area (Å²) in [7, 11) is 0. The van der Waals surface area contributed by atoms with Crippen molar-refractivity contribution in [2.45, 2.75) is 24.7 Å². The monoisotopic (exact) mass is 507 g/mol. The van der Waals surface area contributed by atoms with E-state index < -0.39 is 4.92 Å². The summed E-state index contributed by atoms with van der Waals surface area (Å²) in [6, 6.07) is 18.8. The molecule has 0 saturated heterocycles. The molecule has 9 nitrogen and oxygen atoms in total. The summed E-state index contributed by atoms with van der Waals surface area (Å²) in [5.41, 5.74) is 1.78. The van der Waals surface area contributed by atoms with Gasteiger partial charge in [0.2, 0.25) is 5.91 Å². The number of unbranched alkanes of at least 4 members (excludes halogenated alkanes) is 1. The maximum atomic E-state index is 12.3. The first-order valence-electron chi connectivity index (χ1n) is 11.2. The zero-order valence-corrected chi connectivity index (χ0v) is 20.4. The molecule has 0 fully saturated rings. The normalized spacial score (nSPS) is 10.4. The largest absolute Gasteiger partial charge is 0.462 e. The lowest BCUT2D eigenvalue weighted by molar-refractivity contribution is -0.384. The van der Waals surface area contributed by atoms with Crippen LogP contribution in [0.25, 0.3) is 0 Å². The van der Waals surface area contributed by atoms with Crippen LogP contribution in [-0.4, -0.2) is 35.1 Å². The van der Waals surface area contributed by atoms with Crippen LogP contribution in [0.2, 0.25) is 0 Å². The van der Waals surface area contributed by atoms with Gasteiger partial charge < -0.3 is 15.4 Å². The first kappa shape index (κ1) is 26.4. The van der Waals surface area contributed by atoms with Crippen LogP contribution < -0.4 is 10.6 Å². The molecule has 3 aromatic carbocycles. The summed E-state index contributed by atoms with van der Waals surface area (Å²) in [6.45, 7) is 2.41. The van der Waals surface area contributed by atoms with Gasteiger partial charge in [-0.05, 0) is 67.1 Å². The van der Waals surface area contributed by atoms with Crippen molar-refractivity contribution in [2.75, 3.05) is 23.0 Å². The molecule has 0 unspecified atom stereocenters. The Morgan fingerprint density at radius 2 is 1.44 bits per heavy atom. The molecule has 0 aliphatic carbocycles. The van der Waals surface area contributed by atoms with E-state index in [1.165, 1.54) is 36.0 Å². The number of thioether (sulfide) groups is 1. The summed E-state index contributed by atoms with van der Waals surface area (Å²) >= 11 is 1.33. The van der Waals surface area contributed by atoms with E-state index in [1.54, 1.807) is 48.5 Å². The second-order valence-corrected chi connectivity index (χ2v) is 8.73. The molecule has 2 amide bonds. The number of ether oxygens (including phenoxy) is 1. The van der Waals surface area contributed by atoms with Crippen molar-refractivity contribution in [1.29, 1.82) is 0 Å². The zero-order chi connectivity index (χ0) is 25.9. The number of non-ortho nitro benzene ring substituents is 1. The first-order valence-corrected chi connectivity index (χ1v) is 12.2.